The number of thioether (sulfide) groups is 1. The quantitative estimate of drug-likeness (QED) is 0.0613. The molecule has 2 heterocycles. The van der Waals surface area contributed by atoms with Crippen molar-refractivity contribution in [3.63, 3.8) is 0 Å². The summed E-state index contributed by atoms with van der Waals surface area (Å²) in [4.78, 5) is 28.1. The summed E-state index contributed by atoms with van der Waals surface area (Å²) >= 11 is 2.65. The number of anilines is 1. The first kappa shape index (κ1) is 27.3. The van der Waals surface area contributed by atoms with Crippen LogP contribution in [0.3, 0.4) is 0 Å². The van der Waals surface area contributed by atoms with Crippen molar-refractivity contribution in [1.29, 1.82) is 0 Å². The number of Topliss-reactive ketones (excluding diaryl/α,β-unsaturated/α-hetero) is 1. The Morgan fingerprint density at radius 3 is 2.60 bits per heavy atom. The molecule has 0 spiro atoms. The molecule has 0 saturated carbocycles. The van der Waals surface area contributed by atoms with E-state index in [4.69, 9.17) is 4.74 Å². The van der Waals surface area contributed by atoms with Gasteiger partial charge in [-0.05, 0) is 54.4 Å². The van der Waals surface area contributed by atoms with E-state index in [1.54, 1.807) is 30.3 Å². The average molecular weight is 574 g/mol. The van der Waals surface area contributed by atoms with Crippen LogP contribution >= 0.6 is 23.1 Å². The number of aliphatic hydroxyl groups excluding tert-OH is 1. The Bertz CT molecular complexity index is 1600. The smallest absolute Gasteiger partial charge is 0.301 e. The van der Waals surface area contributed by atoms with Crippen LogP contribution in [0.1, 0.15) is 28.3 Å². The van der Waals surface area contributed by atoms with Gasteiger partial charge in [-0.3, -0.25) is 14.5 Å². The molecule has 1 atom stereocenters. The summed E-state index contributed by atoms with van der Waals surface area (Å²) in [5.41, 5.74) is 2.87. The molecule has 0 aliphatic carbocycles. The van der Waals surface area contributed by atoms with Crippen LogP contribution < -0.4 is 9.64 Å². The van der Waals surface area contributed by atoms with Gasteiger partial charge in [0.25, 0.3) is 5.78 Å². The molecule has 1 aromatic heterocycles. The van der Waals surface area contributed by atoms with Gasteiger partial charge >= 0.3 is 5.91 Å². The van der Waals surface area contributed by atoms with E-state index in [2.05, 4.69) is 16.8 Å². The fraction of sp³-hybridized carbons (Fsp3) is 0.133. The normalized spacial score (nSPS) is 16.4. The number of halogens is 1. The number of ether oxygens (including phenoxy) is 1. The summed E-state index contributed by atoms with van der Waals surface area (Å²) < 4.78 is 19.9. The molecule has 202 valence electrons. The Hall–Kier alpha value is -4.28. The fourth-order valence-corrected chi connectivity index (χ4v) is 6.05. The van der Waals surface area contributed by atoms with Crippen molar-refractivity contribution in [2.75, 3.05) is 11.5 Å². The van der Waals surface area contributed by atoms with Crippen molar-refractivity contribution < 1.29 is 23.8 Å². The molecule has 1 fully saturated rings. The number of ketones is 1. The maximum atomic E-state index is 13.6. The molecule has 1 N–H and O–H groups in total. The van der Waals surface area contributed by atoms with E-state index in [0.29, 0.717) is 21.4 Å². The molecule has 0 bridgehead atoms. The highest BCUT2D eigenvalue weighted by Crippen LogP contribution is 2.44. The van der Waals surface area contributed by atoms with E-state index < -0.39 is 29.3 Å². The number of rotatable bonds is 9. The van der Waals surface area contributed by atoms with Crippen molar-refractivity contribution in [2.45, 2.75) is 23.1 Å². The molecule has 10 heteroatoms. The van der Waals surface area contributed by atoms with E-state index in [9.17, 15) is 19.1 Å². The monoisotopic (exact) mass is 573 g/mol. The van der Waals surface area contributed by atoms with E-state index >= 15 is 0 Å². The zero-order valence-corrected chi connectivity index (χ0v) is 23.0. The van der Waals surface area contributed by atoms with Crippen molar-refractivity contribution in [3.8, 4) is 5.75 Å². The van der Waals surface area contributed by atoms with Gasteiger partial charge in [-0.1, -0.05) is 77.7 Å². The van der Waals surface area contributed by atoms with Gasteiger partial charge in [-0.25, -0.2) is 4.39 Å². The van der Waals surface area contributed by atoms with Gasteiger partial charge in [0.15, 0.2) is 4.34 Å². The maximum absolute atomic E-state index is 13.6. The molecule has 1 aliphatic heterocycles. The number of amides is 1. The summed E-state index contributed by atoms with van der Waals surface area (Å²) in [7, 11) is 0. The van der Waals surface area contributed by atoms with Gasteiger partial charge < -0.3 is 9.84 Å². The summed E-state index contributed by atoms with van der Waals surface area (Å²) in [6.45, 7) is 5.94. The van der Waals surface area contributed by atoms with Gasteiger partial charge in [-0.2, -0.15) is 0 Å². The molecule has 1 amide bonds. The van der Waals surface area contributed by atoms with Crippen LogP contribution in [0.2, 0.25) is 0 Å². The summed E-state index contributed by atoms with van der Waals surface area (Å²) in [5.74, 6) is -1.49. The highest BCUT2D eigenvalue weighted by Gasteiger charge is 2.48. The molecular formula is C30H24FN3O4S2. The summed E-state index contributed by atoms with van der Waals surface area (Å²) in [6.07, 6.45) is 1.60. The largest absolute Gasteiger partial charge is 0.507 e. The van der Waals surface area contributed by atoms with Crippen molar-refractivity contribution in [1.82, 2.24) is 10.2 Å². The lowest BCUT2D eigenvalue weighted by molar-refractivity contribution is -0.132. The number of benzene rings is 3. The van der Waals surface area contributed by atoms with Crippen molar-refractivity contribution in [3.05, 3.63) is 119 Å². The SMILES string of the molecule is C=CCOc1cccc(C2/C(=C(\O)c3ccc(F)cc3)C(=O)C(=O)N2c2nnc(SCc3ccc(C)cc3)s2)c1. The van der Waals surface area contributed by atoms with Gasteiger partial charge in [0.1, 0.15) is 23.9 Å². The first-order valence-corrected chi connectivity index (χ1v) is 14.1. The van der Waals surface area contributed by atoms with Crippen molar-refractivity contribution >= 4 is 45.7 Å². The standard InChI is InChI=1S/C30H24FN3O4S2/c1-3-15-38-23-6-4-5-21(16-23)25-24(26(35)20-11-13-22(31)14-12-20)27(36)28(37)34(25)29-32-33-30(40-29)39-17-19-9-7-18(2)8-10-19/h3-14,16,25,35H,1,15,17H2,2H3/b26-24+. The number of aryl methyl sites for hydroxylation is 1. The van der Waals surface area contributed by atoms with Crippen LogP contribution in [0.5, 0.6) is 5.75 Å². The number of aromatic nitrogens is 2. The molecule has 3 aromatic carbocycles. The van der Waals surface area contributed by atoms with Crippen molar-refractivity contribution in [2.24, 2.45) is 0 Å². The lowest BCUT2D eigenvalue weighted by atomic mass is 9.95. The predicted octanol–water partition coefficient (Wildman–Crippen LogP) is 6.47. The molecule has 7 nitrogen and oxygen atoms in total. The highest BCUT2D eigenvalue weighted by molar-refractivity contribution is 8.00. The first-order valence-electron chi connectivity index (χ1n) is 12.3. The Balaban J connectivity index is 1.54. The van der Waals surface area contributed by atoms with Gasteiger partial charge in [0.2, 0.25) is 5.13 Å². The molecule has 0 radical (unpaired) electrons. The number of hydrogen-bond donors (Lipinski definition) is 1. The number of carbonyl (C=O) groups is 2. The topological polar surface area (TPSA) is 92.6 Å². The molecule has 1 aliphatic rings. The highest BCUT2D eigenvalue weighted by atomic mass is 32.2. The van der Waals surface area contributed by atoms with E-state index in [1.807, 2.05) is 31.2 Å². The minimum absolute atomic E-state index is 0.137. The second-order valence-electron chi connectivity index (χ2n) is 8.97. The molecule has 1 saturated heterocycles. The zero-order chi connectivity index (χ0) is 28.2. The first-order chi connectivity index (χ1) is 19.4. The lowest BCUT2D eigenvalue weighted by Crippen LogP contribution is -2.29. The van der Waals surface area contributed by atoms with Gasteiger partial charge in [-0.15, -0.1) is 10.2 Å². The third-order valence-electron chi connectivity index (χ3n) is 6.19. The number of hydrogen-bond acceptors (Lipinski definition) is 8. The molecular weight excluding hydrogens is 549 g/mol. The molecule has 1 unspecified atom stereocenters. The molecule has 4 aromatic rings. The number of aliphatic hydroxyl groups is 1. The summed E-state index contributed by atoms with van der Waals surface area (Å²) in [5, 5.41) is 19.9. The third-order valence-corrected chi connectivity index (χ3v) is 8.32. The van der Waals surface area contributed by atoms with Crippen LogP contribution in [0.4, 0.5) is 9.52 Å². The van der Waals surface area contributed by atoms with Crippen LogP contribution in [0, 0.1) is 12.7 Å². The van der Waals surface area contributed by atoms with Gasteiger partial charge in [0.05, 0.1) is 11.6 Å². The minimum Gasteiger partial charge on any atom is -0.507 e. The van der Waals surface area contributed by atoms with E-state index in [0.717, 1.165) is 5.56 Å². The fourth-order valence-electron chi connectivity index (χ4n) is 4.23. The van der Waals surface area contributed by atoms with Crippen LogP contribution in [-0.4, -0.2) is 33.6 Å². The Morgan fingerprint density at radius 1 is 1.12 bits per heavy atom. The van der Waals surface area contributed by atoms with Gasteiger partial charge in [0, 0.05) is 11.3 Å². The Kier molecular flexibility index (Phi) is 8.09. The minimum atomic E-state index is -1.01. The van der Waals surface area contributed by atoms with Crippen LogP contribution in [0.15, 0.2) is 95.4 Å². The van der Waals surface area contributed by atoms with Crippen LogP contribution in [-0.2, 0) is 15.3 Å². The predicted molar refractivity (Wildman–Crippen MR) is 154 cm³/mol. The Labute approximate surface area is 238 Å². The van der Waals surface area contributed by atoms with Crippen LogP contribution in [0.25, 0.3) is 5.76 Å². The average Bonchev–Trinajstić information content (AvgIpc) is 3.53. The number of nitrogens with zero attached hydrogens (tertiary/aromatic N) is 3. The molecule has 5 rings (SSSR count). The van der Waals surface area contributed by atoms with E-state index in [1.165, 1.54) is 57.8 Å². The second-order valence-corrected chi connectivity index (χ2v) is 11.2. The maximum Gasteiger partial charge on any atom is 0.301 e. The van der Waals surface area contributed by atoms with E-state index in [-0.39, 0.29) is 22.9 Å². The third kappa shape index (κ3) is 5.68. The number of carbonyl (C=O) groups excluding carboxylic acids is 2. The molecule has 40 heavy (non-hydrogen) atoms. The zero-order valence-electron chi connectivity index (χ0n) is 21.4. The Morgan fingerprint density at radius 2 is 1.88 bits per heavy atom. The second kappa shape index (κ2) is 11.8. The lowest BCUT2D eigenvalue weighted by Gasteiger charge is -2.23. The summed E-state index contributed by atoms with van der Waals surface area (Å²) in [6, 6.07) is 19.1.